The molecule has 8 nitrogen and oxygen atoms in total. The first kappa shape index (κ1) is 12.8. The second-order valence-electron chi connectivity index (χ2n) is 2.64. The number of aryl methyl sites for hydroxylation is 1. The Labute approximate surface area is 97.4 Å². The minimum absolute atomic E-state index is 0.00467. The average molecular weight is 239 g/mol. The molecule has 8 heteroatoms. The summed E-state index contributed by atoms with van der Waals surface area (Å²) in [6.07, 6.45) is 0. The fourth-order valence-electron chi connectivity index (χ4n) is 0.940. The molecular formula is C9H13N5O3. The first-order valence-corrected chi connectivity index (χ1v) is 5.02. The monoisotopic (exact) mass is 239 g/mol. The molecular weight excluding hydrogens is 226 g/mol. The lowest BCUT2D eigenvalue weighted by Crippen LogP contribution is -2.03. The lowest BCUT2D eigenvalue weighted by molar-refractivity contribution is 0.0587. The molecule has 0 unspecified atom stereocenters. The van der Waals surface area contributed by atoms with Crippen molar-refractivity contribution in [3.05, 3.63) is 11.7 Å². The summed E-state index contributed by atoms with van der Waals surface area (Å²) in [6, 6.07) is 0. The number of H-pyrrole nitrogens is 1. The maximum atomic E-state index is 11.0. The van der Waals surface area contributed by atoms with Crippen molar-refractivity contribution in [3.63, 3.8) is 0 Å². The first-order chi connectivity index (χ1) is 8.20. The molecule has 0 spiro atoms. The van der Waals surface area contributed by atoms with Crippen molar-refractivity contribution in [2.45, 2.75) is 20.8 Å². The molecule has 17 heavy (non-hydrogen) atoms. The Morgan fingerprint density at radius 3 is 2.53 bits per heavy atom. The van der Waals surface area contributed by atoms with Gasteiger partial charge < -0.3 is 9.26 Å². The van der Waals surface area contributed by atoms with Gasteiger partial charge in [-0.15, -0.1) is 5.10 Å². The summed E-state index contributed by atoms with van der Waals surface area (Å²) in [5.74, 6) is 0.199. The predicted octanol–water partition coefficient (Wildman–Crippen LogP) is 0.976. The highest BCUT2D eigenvalue weighted by molar-refractivity contribution is 5.85. The van der Waals surface area contributed by atoms with Crippen LogP contribution in [-0.2, 0) is 4.74 Å². The number of carbonyl (C=O) groups excluding carboxylic acids is 1. The van der Waals surface area contributed by atoms with E-state index < -0.39 is 5.97 Å². The molecule has 0 saturated heterocycles. The number of methoxy groups -OCH3 is 1. The lowest BCUT2D eigenvalue weighted by Gasteiger charge is -1.89. The second kappa shape index (κ2) is 5.73. The van der Waals surface area contributed by atoms with Crippen molar-refractivity contribution in [2.24, 2.45) is 0 Å². The molecule has 92 valence electrons. The van der Waals surface area contributed by atoms with Gasteiger partial charge >= 0.3 is 5.97 Å². The van der Waals surface area contributed by atoms with Crippen molar-refractivity contribution in [1.82, 2.24) is 25.3 Å². The van der Waals surface area contributed by atoms with E-state index in [0.717, 1.165) is 0 Å². The van der Waals surface area contributed by atoms with E-state index in [0.29, 0.717) is 5.89 Å². The van der Waals surface area contributed by atoms with Crippen LogP contribution in [0.25, 0.3) is 11.6 Å². The van der Waals surface area contributed by atoms with Crippen molar-refractivity contribution in [3.8, 4) is 11.6 Å². The fourth-order valence-corrected chi connectivity index (χ4v) is 0.940. The highest BCUT2D eigenvalue weighted by atomic mass is 16.5. The van der Waals surface area contributed by atoms with Gasteiger partial charge in [-0.05, 0) is 0 Å². The largest absolute Gasteiger partial charge is 0.463 e. The molecule has 1 N–H and O–H groups in total. The number of aromatic amines is 1. The Hall–Kier alpha value is -2.25. The first-order valence-electron chi connectivity index (χ1n) is 5.02. The van der Waals surface area contributed by atoms with E-state index in [1.165, 1.54) is 7.11 Å². The van der Waals surface area contributed by atoms with Crippen LogP contribution in [0.1, 0.15) is 30.4 Å². The van der Waals surface area contributed by atoms with Gasteiger partial charge in [0.05, 0.1) is 7.11 Å². The fraction of sp³-hybridized carbons (Fsp3) is 0.444. The van der Waals surface area contributed by atoms with Crippen LogP contribution in [-0.4, -0.2) is 38.4 Å². The van der Waals surface area contributed by atoms with E-state index in [2.05, 4.69) is 30.1 Å². The molecule has 0 aliphatic rings. The molecule has 0 bridgehead atoms. The van der Waals surface area contributed by atoms with Gasteiger partial charge in [0.25, 0.3) is 0 Å². The van der Waals surface area contributed by atoms with Gasteiger partial charge in [0.1, 0.15) is 0 Å². The SMILES string of the molecule is CC.COC(=O)c1nc(-c2noc(C)n2)n[nH]1. The molecule has 0 radical (unpaired) electrons. The van der Waals surface area contributed by atoms with E-state index in [9.17, 15) is 4.79 Å². The van der Waals surface area contributed by atoms with E-state index >= 15 is 0 Å². The number of carbonyl (C=O) groups is 1. The van der Waals surface area contributed by atoms with Crippen LogP contribution in [0.4, 0.5) is 0 Å². The van der Waals surface area contributed by atoms with Crippen LogP contribution in [0, 0.1) is 6.92 Å². The molecule has 0 aromatic carbocycles. The second-order valence-corrected chi connectivity index (χ2v) is 2.64. The number of hydrogen-bond donors (Lipinski definition) is 1. The molecule has 2 aromatic heterocycles. The predicted molar refractivity (Wildman–Crippen MR) is 57.1 cm³/mol. The van der Waals surface area contributed by atoms with Gasteiger partial charge in [-0.1, -0.05) is 19.0 Å². The van der Waals surface area contributed by atoms with Gasteiger partial charge in [0, 0.05) is 6.92 Å². The molecule has 0 amide bonds. The molecule has 2 aromatic rings. The van der Waals surface area contributed by atoms with Crippen molar-refractivity contribution in [1.29, 1.82) is 0 Å². The number of esters is 1. The Balaban J connectivity index is 0.000000686. The molecule has 0 aliphatic heterocycles. The molecule has 0 atom stereocenters. The van der Waals surface area contributed by atoms with E-state index in [4.69, 9.17) is 4.52 Å². The Kier molecular flexibility index (Phi) is 4.32. The molecule has 0 fully saturated rings. The van der Waals surface area contributed by atoms with Crippen LogP contribution in [0.15, 0.2) is 4.52 Å². The minimum Gasteiger partial charge on any atom is -0.463 e. The van der Waals surface area contributed by atoms with E-state index in [-0.39, 0.29) is 17.5 Å². The highest BCUT2D eigenvalue weighted by Gasteiger charge is 2.16. The Bertz CT molecular complexity index is 490. The maximum absolute atomic E-state index is 11.0. The summed E-state index contributed by atoms with van der Waals surface area (Å²) >= 11 is 0. The van der Waals surface area contributed by atoms with E-state index in [1.54, 1.807) is 6.92 Å². The van der Waals surface area contributed by atoms with Gasteiger partial charge in [-0.25, -0.2) is 4.79 Å². The van der Waals surface area contributed by atoms with Crippen LogP contribution < -0.4 is 0 Å². The summed E-state index contributed by atoms with van der Waals surface area (Å²) in [4.78, 5) is 18.8. The summed E-state index contributed by atoms with van der Waals surface area (Å²) in [6.45, 7) is 5.64. The van der Waals surface area contributed by atoms with Crippen LogP contribution >= 0.6 is 0 Å². The van der Waals surface area contributed by atoms with Crippen molar-refractivity contribution in [2.75, 3.05) is 7.11 Å². The Morgan fingerprint density at radius 1 is 1.29 bits per heavy atom. The third-order valence-electron chi connectivity index (χ3n) is 1.59. The number of rotatable bonds is 2. The average Bonchev–Trinajstić information content (AvgIpc) is 2.99. The van der Waals surface area contributed by atoms with Gasteiger partial charge in [-0.3, -0.25) is 5.10 Å². The van der Waals surface area contributed by atoms with Crippen LogP contribution in [0.2, 0.25) is 0 Å². The Morgan fingerprint density at radius 2 is 2.00 bits per heavy atom. The zero-order valence-corrected chi connectivity index (χ0v) is 10.0. The highest BCUT2D eigenvalue weighted by Crippen LogP contribution is 2.09. The van der Waals surface area contributed by atoms with Gasteiger partial charge in [-0.2, -0.15) is 9.97 Å². The number of aromatic nitrogens is 5. The van der Waals surface area contributed by atoms with Crippen LogP contribution in [0.5, 0.6) is 0 Å². The number of hydrogen-bond acceptors (Lipinski definition) is 7. The number of ether oxygens (including phenoxy) is 1. The third kappa shape index (κ3) is 2.86. The molecule has 0 aliphatic carbocycles. The zero-order valence-electron chi connectivity index (χ0n) is 10.0. The normalized spacial score (nSPS) is 9.41. The lowest BCUT2D eigenvalue weighted by atomic mass is 10.5. The zero-order chi connectivity index (χ0) is 12.8. The summed E-state index contributed by atoms with van der Waals surface area (Å²) in [5, 5.41) is 9.76. The van der Waals surface area contributed by atoms with Gasteiger partial charge in [0.2, 0.25) is 23.4 Å². The van der Waals surface area contributed by atoms with Crippen LogP contribution in [0.3, 0.4) is 0 Å². The van der Waals surface area contributed by atoms with E-state index in [1.807, 2.05) is 13.8 Å². The quantitative estimate of drug-likeness (QED) is 0.778. The standard InChI is InChI=1S/C7H7N5O3.C2H6/c1-3-8-5(12-15-3)4-9-6(11-10-4)7(13)14-2;1-2/h1-2H3,(H,9,10,11);1-2H3. The van der Waals surface area contributed by atoms with Crippen molar-refractivity contribution < 1.29 is 14.1 Å². The summed E-state index contributed by atoms with van der Waals surface area (Å²) in [7, 11) is 1.25. The molecule has 2 rings (SSSR count). The smallest absolute Gasteiger partial charge is 0.375 e. The molecule has 0 saturated carbocycles. The number of nitrogens with zero attached hydrogens (tertiary/aromatic N) is 4. The maximum Gasteiger partial charge on any atom is 0.375 e. The molecule has 2 heterocycles. The van der Waals surface area contributed by atoms with Crippen molar-refractivity contribution >= 4 is 5.97 Å². The third-order valence-corrected chi connectivity index (χ3v) is 1.59. The number of nitrogens with one attached hydrogen (secondary N) is 1. The minimum atomic E-state index is -0.603. The topological polar surface area (TPSA) is 107 Å². The van der Waals surface area contributed by atoms with Gasteiger partial charge in [0.15, 0.2) is 0 Å². The summed E-state index contributed by atoms with van der Waals surface area (Å²) in [5.41, 5.74) is 0. The summed E-state index contributed by atoms with van der Waals surface area (Å²) < 4.78 is 9.20.